The fraction of sp³-hybridized carbons (Fsp3) is 0.316. The molecule has 1 fully saturated rings. The maximum Gasteiger partial charge on any atom is 0.415 e. The van der Waals surface area contributed by atoms with Crippen LogP contribution in [0.1, 0.15) is 12.6 Å². The summed E-state index contributed by atoms with van der Waals surface area (Å²) in [5, 5.41) is 2.69. The largest absolute Gasteiger partial charge is 0.489 e. The van der Waals surface area contributed by atoms with Crippen LogP contribution in [0.4, 0.5) is 10.5 Å². The maximum atomic E-state index is 12.3. The highest BCUT2D eigenvalue weighted by Crippen LogP contribution is 2.40. The van der Waals surface area contributed by atoms with Gasteiger partial charge in [-0.1, -0.05) is 12.1 Å². The first-order chi connectivity index (χ1) is 12.5. The molecular formula is C19H19N3O4. The summed E-state index contributed by atoms with van der Waals surface area (Å²) in [6.07, 6.45) is 0.969. The fourth-order valence-electron chi connectivity index (χ4n) is 3.27. The molecule has 26 heavy (non-hydrogen) atoms. The summed E-state index contributed by atoms with van der Waals surface area (Å²) in [5.41, 5.74) is 3.59. The second-order valence-electron chi connectivity index (χ2n) is 6.48. The summed E-state index contributed by atoms with van der Waals surface area (Å²) in [5.74, 6) is 0.476. The van der Waals surface area contributed by atoms with Crippen molar-refractivity contribution in [2.75, 3.05) is 18.1 Å². The van der Waals surface area contributed by atoms with Crippen molar-refractivity contribution in [2.45, 2.75) is 26.0 Å². The number of pyridine rings is 1. The molecule has 2 atom stereocenters. The zero-order valence-corrected chi connectivity index (χ0v) is 14.6. The topological polar surface area (TPSA) is 80.8 Å². The lowest BCUT2D eigenvalue weighted by Crippen LogP contribution is -2.47. The standard InChI is InChI=1S/C19H19N3O4/c1-11-3-4-14(8-20-11)13-5-6-15-17(7-13)25-10-16-18(9-21-12(2)23)26-19(24)22(15)16/h3-8,16,18H,9-10H2,1-2H3,(H,21,23)/t16-,18-/m0/s1. The van der Waals surface area contributed by atoms with Gasteiger partial charge in [-0.2, -0.15) is 0 Å². The molecule has 1 aromatic carbocycles. The van der Waals surface area contributed by atoms with Crippen molar-refractivity contribution in [1.82, 2.24) is 10.3 Å². The molecule has 0 radical (unpaired) electrons. The van der Waals surface area contributed by atoms with Crippen molar-refractivity contribution in [1.29, 1.82) is 0 Å². The van der Waals surface area contributed by atoms with Crippen LogP contribution < -0.4 is 15.0 Å². The third-order valence-corrected chi connectivity index (χ3v) is 4.64. The predicted octanol–water partition coefficient (Wildman–Crippen LogP) is 2.28. The Morgan fingerprint density at radius 2 is 2.12 bits per heavy atom. The Balaban J connectivity index is 1.61. The van der Waals surface area contributed by atoms with Crippen LogP contribution in [-0.4, -0.2) is 42.3 Å². The lowest BCUT2D eigenvalue weighted by atomic mass is 10.0. The van der Waals surface area contributed by atoms with Crippen LogP contribution in [0.3, 0.4) is 0 Å². The average Bonchev–Trinajstić information content (AvgIpc) is 2.96. The first kappa shape index (κ1) is 16.4. The van der Waals surface area contributed by atoms with E-state index >= 15 is 0 Å². The van der Waals surface area contributed by atoms with Crippen LogP contribution in [0.2, 0.25) is 0 Å². The molecule has 1 saturated heterocycles. The summed E-state index contributed by atoms with van der Waals surface area (Å²) in [7, 11) is 0. The number of amides is 2. The number of anilines is 1. The smallest absolute Gasteiger partial charge is 0.415 e. The maximum absolute atomic E-state index is 12.3. The summed E-state index contributed by atoms with van der Waals surface area (Å²) in [6.45, 7) is 3.96. The third-order valence-electron chi connectivity index (χ3n) is 4.64. The van der Waals surface area contributed by atoms with Gasteiger partial charge < -0.3 is 14.8 Å². The molecule has 2 aromatic rings. The van der Waals surface area contributed by atoms with Gasteiger partial charge in [0, 0.05) is 24.4 Å². The van der Waals surface area contributed by atoms with E-state index in [0.29, 0.717) is 18.0 Å². The molecule has 0 unspecified atom stereocenters. The predicted molar refractivity (Wildman–Crippen MR) is 95.1 cm³/mol. The number of rotatable bonds is 3. The Morgan fingerprint density at radius 3 is 2.85 bits per heavy atom. The molecule has 0 saturated carbocycles. The van der Waals surface area contributed by atoms with E-state index < -0.39 is 12.2 Å². The number of hydrogen-bond donors (Lipinski definition) is 1. The van der Waals surface area contributed by atoms with Crippen molar-refractivity contribution in [2.24, 2.45) is 0 Å². The number of fused-ring (bicyclic) bond motifs is 3. The number of carbonyl (C=O) groups excluding carboxylic acids is 2. The zero-order chi connectivity index (χ0) is 18.3. The SMILES string of the molecule is CC(=O)NC[C@@H]1OC(=O)N2c3ccc(-c4ccc(C)nc4)cc3OC[C@@H]12. The van der Waals surface area contributed by atoms with Crippen LogP contribution in [0.25, 0.3) is 11.1 Å². The van der Waals surface area contributed by atoms with Crippen molar-refractivity contribution >= 4 is 17.7 Å². The molecule has 0 bridgehead atoms. The second kappa shape index (κ2) is 6.33. The Hall–Kier alpha value is -3.09. The molecule has 7 nitrogen and oxygen atoms in total. The molecular weight excluding hydrogens is 334 g/mol. The van der Waals surface area contributed by atoms with Crippen LogP contribution in [0, 0.1) is 6.92 Å². The Kier molecular flexibility index (Phi) is 3.99. The van der Waals surface area contributed by atoms with E-state index in [4.69, 9.17) is 9.47 Å². The van der Waals surface area contributed by atoms with Crippen LogP contribution in [0.5, 0.6) is 5.75 Å². The zero-order valence-electron chi connectivity index (χ0n) is 14.6. The lowest BCUT2D eigenvalue weighted by molar-refractivity contribution is -0.119. The van der Waals surface area contributed by atoms with E-state index in [1.807, 2.05) is 43.5 Å². The van der Waals surface area contributed by atoms with E-state index in [9.17, 15) is 9.59 Å². The third kappa shape index (κ3) is 2.85. The molecule has 134 valence electrons. The van der Waals surface area contributed by atoms with E-state index in [-0.39, 0.29) is 18.5 Å². The number of nitrogens with one attached hydrogen (secondary N) is 1. The molecule has 0 aliphatic carbocycles. The molecule has 7 heteroatoms. The number of nitrogens with zero attached hydrogens (tertiary/aromatic N) is 2. The van der Waals surface area contributed by atoms with E-state index in [1.165, 1.54) is 6.92 Å². The summed E-state index contributed by atoms with van der Waals surface area (Å²) in [6, 6.07) is 9.41. The van der Waals surface area contributed by atoms with E-state index in [0.717, 1.165) is 16.8 Å². The number of benzene rings is 1. The summed E-state index contributed by atoms with van der Waals surface area (Å²) >= 11 is 0. The van der Waals surface area contributed by atoms with Gasteiger partial charge in [-0.25, -0.2) is 4.79 Å². The van der Waals surface area contributed by atoms with Gasteiger partial charge in [-0.05, 0) is 30.7 Å². The first-order valence-electron chi connectivity index (χ1n) is 8.47. The van der Waals surface area contributed by atoms with Gasteiger partial charge in [0.1, 0.15) is 24.5 Å². The van der Waals surface area contributed by atoms with E-state index in [1.54, 1.807) is 4.90 Å². The number of hydrogen-bond acceptors (Lipinski definition) is 5. The van der Waals surface area contributed by atoms with Crippen LogP contribution in [0.15, 0.2) is 36.5 Å². The molecule has 1 aromatic heterocycles. The first-order valence-corrected chi connectivity index (χ1v) is 8.47. The van der Waals surface area contributed by atoms with Crippen LogP contribution in [-0.2, 0) is 9.53 Å². The van der Waals surface area contributed by atoms with Crippen molar-refractivity contribution in [3.05, 3.63) is 42.2 Å². The van der Waals surface area contributed by atoms with Gasteiger partial charge in [0.25, 0.3) is 0 Å². The number of aromatic nitrogens is 1. The number of ether oxygens (including phenoxy) is 2. The summed E-state index contributed by atoms with van der Waals surface area (Å²) in [4.78, 5) is 29.4. The van der Waals surface area contributed by atoms with Gasteiger partial charge in [0.2, 0.25) is 5.91 Å². The number of carbonyl (C=O) groups is 2. The average molecular weight is 353 g/mol. The molecule has 2 aliphatic rings. The molecule has 0 spiro atoms. The molecule has 4 rings (SSSR count). The fourth-order valence-corrected chi connectivity index (χ4v) is 3.27. The highest BCUT2D eigenvalue weighted by atomic mass is 16.6. The molecule has 2 amide bonds. The highest BCUT2D eigenvalue weighted by molar-refractivity contribution is 5.94. The van der Waals surface area contributed by atoms with Crippen molar-refractivity contribution in [3.63, 3.8) is 0 Å². The normalized spacial score (nSPS) is 20.7. The Morgan fingerprint density at radius 1 is 1.31 bits per heavy atom. The van der Waals surface area contributed by atoms with Gasteiger partial charge in [0.05, 0.1) is 12.2 Å². The van der Waals surface area contributed by atoms with Gasteiger partial charge in [-0.3, -0.25) is 14.7 Å². The minimum atomic E-state index is -0.430. The van der Waals surface area contributed by atoms with Crippen LogP contribution >= 0.6 is 0 Å². The minimum Gasteiger partial charge on any atom is -0.489 e. The van der Waals surface area contributed by atoms with Gasteiger partial charge in [-0.15, -0.1) is 0 Å². The van der Waals surface area contributed by atoms with E-state index in [2.05, 4.69) is 10.3 Å². The summed E-state index contributed by atoms with van der Waals surface area (Å²) < 4.78 is 11.3. The Bertz CT molecular complexity index is 866. The number of cyclic esters (lactones) is 1. The molecule has 3 heterocycles. The quantitative estimate of drug-likeness (QED) is 0.916. The molecule has 1 N–H and O–H groups in total. The molecule has 2 aliphatic heterocycles. The lowest BCUT2D eigenvalue weighted by Gasteiger charge is -2.31. The van der Waals surface area contributed by atoms with Gasteiger partial charge >= 0.3 is 6.09 Å². The van der Waals surface area contributed by atoms with Crippen molar-refractivity contribution < 1.29 is 19.1 Å². The monoisotopic (exact) mass is 353 g/mol. The van der Waals surface area contributed by atoms with Crippen molar-refractivity contribution in [3.8, 4) is 16.9 Å². The highest BCUT2D eigenvalue weighted by Gasteiger charge is 2.46. The minimum absolute atomic E-state index is 0.159. The van der Waals surface area contributed by atoms with Gasteiger partial charge in [0.15, 0.2) is 0 Å². The Labute approximate surface area is 150 Å². The second-order valence-corrected chi connectivity index (χ2v) is 6.48. The number of aryl methyl sites for hydroxylation is 1.